The van der Waals surface area contributed by atoms with E-state index in [2.05, 4.69) is 15.2 Å². The number of rotatable bonds is 4. The van der Waals surface area contributed by atoms with Gasteiger partial charge in [0.1, 0.15) is 12.4 Å². The van der Waals surface area contributed by atoms with E-state index < -0.39 is 0 Å². The molecule has 0 saturated carbocycles. The zero-order valence-electron chi connectivity index (χ0n) is 10.2. The van der Waals surface area contributed by atoms with Gasteiger partial charge in [-0.25, -0.2) is 0 Å². The molecule has 1 aromatic carbocycles. The third-order valence-electron chi connectivity index (χ3n) is 2.51. The van der Waals surface area contributed by atoms with Crippen molar-refractivity contribution in [1.82, 2.24) is 10.2 Å². The van der Waals surface area contributed by atoms with E-state index in [4.69, 9.17) is 16.3 Å². The van der Waals surface area contributed by atoms with Crippen molar-refractivity contribution in [3.05, 3.63) is 29.3 Å². The lowest BCUT2D eigenvalue weighted by Gasteiger charge is -2.15. The summed E-state index contributed by atoms with van der Waals surface area (Å²) >= 11 is 5.86. The van der Waals surface area contributed by atoms with Crippen molar-refractivity contribution in [2.24, 2.45) is 4.99 Å². The maximum Gasteiger partial charge on any atom is 0.193 e. The molecule has 0 spiro atoms. The Morgan fingerprint density at radius 1 is 1.50 bits per heavy atom. The van der Waals surface area contributed by atoms with Crippen LogP contribution >= 0.6 is 35.6 Å². The van der Waals surface area contributed by atoms with Crippen LogP contribution in [0.1, 0.15) is 0 Å². The van der Waals surface area contributed by atoms with Gasteiger partial charge in [0.2, 0.25) is 0 Å². The van der Waals surface area contributed by atoms with Gasteiger partial charge >= 0.3 is 0 Å². The van der Waals surface area contributed by atoms with Crippen LogP contribution in [0.4, 0.5) is 0 Å². The van der Waals surface area contributed by atoms with Gasteiger partial charge in [0, 0.05) is 18.6 Å². The van der Waals surface area contributed by atoms with Crippen molar-refractivity contribution in [2.75, 3.05) is 33.3 Å². The standard InChI is InChI=1S/C12H16ClN3O.HI/c1-16-7-5-14-12(16)15-6-8-17-11-4-2-3-10(13)9-11;/h2-4,9H,5-8H2,1H3,(H,14,15);1H. The van der Waals surface area contributed by atoms with Crippen LogP contribution in [0.5, 0.6) is 5.75 Å². The van der Waals surface area contributed by atoms with Gasteiger partial charge in [-0.1, -0.05) is 17.7 Å². The van der Waals surface area contributed by atoms with E-state index in [0.29, 0.717) is 11.6 Å². The molecule has 4 nitrogen and oxygen atoms in total. The second-order valence-corrected chi connectivity index (χ2v) is 4.30. The Morgan fingerprint density at radius 3 is 3.00 bits per heavy atom. The maximum absolute atomic E-state index is 5.86. The Hall–Kier alpha value is -0.690. The number of nitrogens with zero attached hydrogens (tertiary/aromatic N) is 2. The zero-order chi connectivity index (χ0) is 12.1. The highest BCUT2D eigenvalue weighted by atomic mass is 127. The van der Waals surface area contributed by atoms with Crippen LogP contribution < -0.4 is 10.1 Å². The number of ether oxygens (including phenoxy) is 1. The number of aliphatic imine (C=N–C) groups is 1. The fourth-order valence-corrected chi connectivity index (χ4v) is 1.79. The maximum atomic E-state index is 5.86. The molecular weight excluding hydrogens is 365 g/mol. The van der Waals surface area contributed by atoms with E-state index in [1.54, 1.807) is 6.07 Å². The quantitative estimate of drug-likeness (QED) is 0.642. The smallest absolute Gasteiger partial charge is 0.193 e. The summed E-state index contributed by atoms with van der Waals surface area (Å²) in [6.07, 6.45) is 0. The molecule has 18 heavy (non-hydrogen) atoms. The summed E-state index contributed by atoms with van der Waals surface area (Å²) in [6, 6.07) is 7.40. The van der Waals surface area contributed by atoms with Crippen LogP contribution in [0, 0.1) is 0 Å². The number of hydrogen-bond acceptors (Lipinski definition) is 4. The first-order valence-electron chi connectivity index (χ1n) is 5.63. The van der Waals surface area contributed by atoms with Crippen LogP contribution in [-0.4, -0.2) is 44.1 Å². The first kappa shape index (κ1) is 15.4. The van der Waals surface area contributed by atoms with Gasteiger partial charge in [-0.3, -0.25) is 4.99 Å². The van der Waals surface area contributed by atoms with Gasteiger partial charge in [-0.15, -0.1) is 24.0 Å². The lowest BCUT2D eigenvalue weighted by atomic mass is 10.3. The summed E-state index contributed by atoms with van der Waals surface area (Å²) in [4.78, 5) is 6.43. The summed E-state index contributed by atoms with van der Waals surface area (Å²) < 4.78 is 5.56. The predicted molar refractivity (Wildman–Crippen MR) is 85.3 cm³/mol. The minimum absolute atomic E-state index is 0. The van der Waals surface area contributed by atoms with E-state index in [9.17, 15) is 0 Å². The Kier molecular flexibility index (Phi) is 6.56. The summed E-state index contributed by atoms with van der Waals surface area (Å²) in [5.41, 5.74) is 0. The van der Waals surface area contributed by atoms with E-state index in [1.807, 2.05) is 25.2 Å². The van der Waals surface area contributed by atoms with Gasteiger partial charge in [-0.2, -0.15) is 0 Å². The van der Waals surface area contributed by atoms with E-state index in [0.717, 1.165) is 31.3 Å². The fraction of sp³-hybridized carbons (Fsp3) is 0.417. The Morgan fingerprint density at radius 2 is 2.33 bits per heavy atom. The number of guanidine groups is 1. The van der Waals surface area contributed by atoms with E-state index >= 15 is 0 Å². The number of benzene rings is 1. The summed E-state index contributed by atoms with van der Waals surface area (Å²) in [7, 11) is 2.02. The molecule has 1 aliphatic heterocycles. The first-order valence-corrected chi connectivity index (χ1v) is 6.01. The molecule has 1 aromatic rings. The Labute approximate surface area is 129 Å². The average Bonchev–Trinajstić information content (AvgIpc) is 2.71. The normalized spacial score (nSPS) is 13.9. The number of hydrogen-bond donors (Lipinski definition) is 1. The van der Waals surface area contributed by atoms with Gasteiger partial charge < -0.3 is 15.0 Å². The van der Waals surface area contributed by atoms with Crippen molar-refractivity contribution in [3.8, 4) is 5.75 Å². The predicted octanol–water partition coefficient (Wildman–Crippen LogP) is 2.23. The SMILES string of the molecule is CN1CCN=C1NCCOc1cccc(Cl)c1.I. The van der Waals surface area contributed by atoms with Crippen LogP contribution in [0.25, 0.3) is 0 Å². The second kappa shape index (κ2) is 7.68. The summed E-state index contributed by atoms with van der Waals surface area (Å²) in [5.74, 6) is 1.74. The van der Waals surface area contributed by atoms with Gasteiger partial charge in [0.25, 0.3) is 0 Å². The van der Waals surface area contributed by atoms with Gasteiger partial charge in [0.15, 0.2) is 5.96 Å². The topological polar surface area (TPSA) is 36.9 Å². The van der Waals surface area contributed by atoms with Crippen LogP contribution in [0.3, 0.4) is 0 Å². The molecule has 0 amide bonds. The van der Waals surface area contributed by atoms with Crippen LogP contribution in [0.15, 0.2) is 29.3 Å². The van der Waals surface area contributed by atoms with Gasteiger partial charge in [-0.05, 0) is 18.2 Å². The molecule has 0 aromatic heterocycles. The molecule has 0 unspecified atom stereocenters. The van der Waals surface area contributed by atoms with Gasteiger partial charge in [0.05, 0.1) is 13.1 Å². The van der Waals surface area contributed by atoms with E-state index in [-0.39, 0.29) is 24.0 Å². The second-order valence-electron chi connectivity index (χ2n) is 3.86. The Bertz CT molecular complexity index is 414. The molecule has 2 rings (SSSR count). The summed E-state index contributed by atoms with van der Waals surface area (Å²) in [6.45, 7) is 3.17. The number of nitrogens with one attached hydrogen (secondary N) is 1. The van der Waals surface area contributed by atoms with Crippen molar-refractivity contribution in [2.45, 2.75) is 0 Å². The average molecular weight is 382 g/mol. The highest BCUT2D eigenvalue weighted by Gasteiger charge is 2.10. The third-order valence-corrected chi connectivity index (χ3v) is 2.74. The highest BCUT2D eigenvalue weighted by molar-refractivity contribution is 14.0. The molecule has 1 heterocycles. The lowest BCUT2D eigenvalue weighted by Crippen LogP contribution is -2.37. The van der Waals surface area contributed by atoms with Crippen molar-refractivity contribution in [3.63, 3.8) is 0 Å². The number of likely N-dealkylation sites (N-methyl/N-ethyl adjacent to an activating group) is 1. The first-order chi connectivity index (χ1) is 8.25. The molecule has 1 aliphatic rings. The minimum Gasteiger partial charge on any atom is -0.492 e. The number of halogens is 2. The summed E-state index contributed by atoms with van der Waals surface area (Å²) in [5, 5.41) is 3.92. The van der Waals surface area contributed by atoms with Crippen molar-refractivity contribution in [1.29, 1.82) is 0 Å². The molecule has 1 N–H and O–H groups in total. The molecular formula is C12H17ClIN3O. The molecule has 0 fully saturated rings. The molecule has 6 heteroatoms. The zero-order valence-corrected chi connectivity index (χ0v) is 13.3. The minimum atomic E-state index is 0. The molecule has 100 valence electrons. The van der Waals surface area contributed by atoms with Crippen molar-refractivity contribution >= 4 is 41.5 Å². The molecule has 0 radical (unpaired) electrons. The Balaban J connectivity index is 0.00000162. The molecule has 0 aliphatic carbocycles. The molecule has 0 bridgehead atoms. The van der Waals surface area contributed by atoms with Crippen LogP contribution in [-0.2, 0) is 0 Å². The van der Waals surface area contributed by atoms with Crippen molar-refractivity contribution < 1.29 is 4.74 Å². The lowest BCUT2D eigenvalue weighted by molar-refractivity contribution is 0.320. The fourth-order valence-electron chi connectivity index (χ4n) is 1.61. The monoisotopic (exact) mass is 381 g/mol. The third kappa shape index (κ3) is 4.53. The van der Waals surface area contributed by atoms with Crippen LogP contribution in [0.2, 0.25) is 5.02 Å². The molecule has 0 saturated heterocycles. The van der Waals surface area contributed by atoms with E-state index in [1.165, 1.54) is 0 Å². The molecule has 0 atom stereocenters. The largest absolute Gasteiger partial charge is 0.492 e. The highest BCUT2D eigenvalue weighted by Crippen LogP contribution is 2.16.